The van der Waals surface area contributed by atoms with Gasteiger partial charge in [0.25, 0.3) is 0 Å². The van der Waals surface area contributed by atoms with E-state index in [9.17, 15) is 0 Å². The number of pyridine rings is 2. The van der Waals surface area contributed by atoms with E-state index in [1.807, 2.05) is 11.3 Å². The fourth-order valence-corrected chi connectivity index (χ4v) is 12.4. The van der Waals surface area contributed by atoms with Crippen LogP contribution in [-0.4, -0.2) is 0 Å². The van der Waals surface area contributed by atoms with Gasteiger partial charge in [0, 0.05) is 45.3 Å². The lowest BCUT2D eigenvalue weighted by Crippen LogP contribution is -2.80. The van der Waals surface area contributed by atoms with Gasteiger partial charge in [-0.15, -0.1) is 17.9 Å². The predicted molar refractivity (Wildman–Crippen MR) is 231 cm³/mol. The van der Waals surface area contributed by atoms with Gasteiger partial charge in [-0.05, 0) is 103 Å². The molecule has 0 amide bonds. The molecule has 3 nitrogen and oxygen atoms in total. The van der Waals surface area contributed by atoms with E-state index in [2.05, 4.69) is 174 Å². The second kappa shape index (κ2) is 11.6. The van der Waals surface area contributed by atoms with E-state index in [4.69, 9.17) is 4.42 Å². The minimum Gasteiger partial charge on any atom is -0.454 e. The van der Waals surface area contributed by atoms with Crippen molar-refractivity contribution in [1.82, 2.24) is 0 Å². The molecule has 11 rings (SSSR count). The maximum atomic E-state index is 7.21. The van der Waals surface area contributed by atoms with Gasteiger partial charge < -0.3 is 4.42 Å². The second-order valence-electron chi connectivity index (χ2n) is 18.3. The number of aromatic nitrogens is 2. The van der Waals surface area contributed by atoms with E-state index in [-0.39, 0.29) is 28.8 Å². The Morgan fingerprint density at radius 3 is 2.36 bits per heavy atom. The molecule has 3 aliphatic rings. The van der Waals surface area contributed by atoms with Gasteiger partial charge in [-0.25, -0.2) is 0 Å². The zero-order valence-electron chi connectivity index (χ0n) is 33.5. The molecule has 0 bridgehead atoms. The quantitative estimate of drug-likeness (QED) is 0.130. The number of hydrogen-bond acceptors (Lipinski definition) is 2. The largest absolute Gasteiger partial charge is 0.454 e. The molecule has 4 aromatic heterocycles. The summed E-state index contributed by atoms with van der Waals surface area (Å²) in [5, 5.41) is 3.64. The van der Waals surface area contributed by atoms with Gasteiger partial charge in [0.15, 0.2) is 29.6 Å². The van der Waals surface area contributed by atoms with Crippen molar-refractivity contribution >= 4 is 43.4 Å². The molecule has 4 heteroatoms. The Hall–Kier alpha value is -5.32. The molecule has 1 fully saturated rings. The van der Waals surface area contributed by atoms with Gasteiger partial charge in [-0.1, -0.05) is 81.4 Å². The Morgan fingerprint density at radius 1 is 0.804 bits per heavy atom. The summed E-state index contributed by atoms with van der Waals surface area (Å²) in [4.78, 5) is 1.31. The third-order valence-electron chi connectivity index (χ3n) is 13.4. The second-order valence-corrected chi connectivity index (χ2v) is 19.5. The number of allylic oxidation sites excluding steroid dienone is 1. The normalized spacial score (nSPS) is 20.7. The van der Waals surface area contributed by atoms with Crippen LogP contribution in [0.25, 0.3) is 65.7 Å². The maximum absolute atomic E-state index is 7.21. The lowest BCUT2D eigenvalue weighted by atomic mass is 9.48. The maximum Gasteiger partial charge on any atom is 0.217 e. The summed E-state index contributed by atoms with van der Waals surface area (Å²) in [6.45, 7) is 20.7. The summed E-state index contributed by atoms with van der Waals surface area (Å²) in [5.74, 6) is 0.434. The topological polar surface area (TPSA) is 20.9 Å². The van der Waals surface area contributed by atoms with Crippen molar-refractivity contribution in [3.63, 3.8) is 0 Å². The van der Waals surface area contributed by atoms with Crippen LogP contribution in [0.3, 0.4) is 0 Å². The first-order valence-corrected chi connectivity index (χ1v) is 21.1. The molecule has 0 radical (unpaired) electrons. The lowest BCUT2D eigenvalue weighted by molar-refractivity contribution is -0.837. The van der Waals surface area contributed by atoms with Crippen LogP contribution in [0.1, 0.15) is 71.0 Å². The number of fused-ring (bicyclic) bond motifs is 17. The fraction of sp³-hybridized carbons (Fsp3) is 0.269. The summed E-state index contributed by atoms with van der Waals surface area (Å²) in [6, 6.07) is 35.0. The number of aryl methyl sites for hydroxylation is 4. The summed E-state index contributed by atoms with van der Waals surface area (Å²) in [5.41, 5.74) is 17.7. The Labute approximate surface area is 333 Å². The van der Waals surface area contributed by atoms with Crippen LogP contribution in [0, 0.1) is 39.0 Å². The number of benzene rings is 4. The van der Waals surface area contributed by atoms with Crippen LogP contribution < -0.4 is 9.13 Å². The van der Waals surface area contributed by atoms with Gasteiger partial charge in [0.1, 0.15) is 17.4 Å². The third-order valence-corrected chi connectivity index (χ3v) is 14.5. The lowest BCUT2D eigenvalue weighted by Gasteiger charge is -2.56. The van der Waals surface area contributed by atoms with E-state index in [1.54, 1.807) is 0 Å². The molecule has 2 aliphatic heterocycles. The van der Waals surface area contributed by atoms with Crippen molar-refractivity contribution in [2.24, 2.45) is 11.3 Å². The highest BCUT2D eigenvalue weighted by molar-refractivity contribution is 7.20. The molecule has 0 N–H and O–H groups in total. The zero-order chi connectivity index (χ0) is 38.4. The Bertz CT molecular complexity index is 2990. The van der Waals surface area contributed by atoms with E-state index in [0.29, 0.717) is 0 Å². The Kier molecular flexibility index (Phi) is 7.05. The van der Waals surface area contributed by atoms with E-state index >= 15 is 0 Å². The Balaban J connectivity index is 1.27. The summed E-state index contributed by atoms with van der Waals surface area (Å²) in [6.07, 6.45) is 9.11. The van der Waals surface area contributed by atoms with Crippen LogP contribution in [0.15, 0.2) is 120 Å². The van der Waals surface area contributed by atoms with Crippen LogP contribution in [-0.2, 0) is 18.4 Å². The summed E-state index contributed by atoms with van der Waals surface area (Å²) < 4.78 is 13.8. The van der Waals surface area contributed by atoms with Crippen molar-refractivity contribution in [1.29, 1.82) is 0 Å². The highest BCUT2D eigenvalue weighted by atomic mass is 32.1. The molecule has 4 unspecified atom stereocenters. The number of furan rings is 1. The number of nitrogens with zero attached hydrogens (tertiary/aromatic N) is 2. The van der Waals surface area contributed by atoms with E-state index in [1.165, 1.54) is 92.8 Å². The van der Waals surface area contributed by atoms with E-state index < -0.39 is 0 Å². The molecule has 276 valence electrons. The zero-order valence-corrected chi connectivity index (χ0v) is 34.3. The molecule has 6 heterocycles. The van der Waals surface area contributed by atoms with Crippen LogP contribution >= 0.6 is 11.3 Å². The van der Waals surface area contributed by atoms with Crippen LogP contribution in [0.2, 0.25) is 0 Å². The molecule has 4 aromatic carbocycles. The number of rotatable bonds is 3. The van der Waals surface area contributed by atoms with Crippen LogP contribution in [0.5, 0.6) is 0 Å². The monoisotopic (exact) mass is 748 g/mol. The van der Waals surface area contributed by atoms with Crippen molar-refractivity contribution in [2.75, 3.05) is 0 Å². The molecular formula is C52H48N2OS+2. The first-order valence-electron chi connectivity index (χ1n) is 20.2. The highest BCUT2D eigenvalue weighted by Gasteiger charge is 2.76. The molecule has 8 aromatic rings. The molecule has 1 spiro atoms. The average Bonchev–Trinajstić information content (AvgIpc) is 3.73. The Morgan fingerprint density at radius 2 is 1.57 bits per heavy atom. The number of thiophene rings is 1. The highest BCUT2D eigenvalue weighted by Crippen LogP contribution is 2.65. The van der Waals surface area contributed by atoms with Gasteiger partial charge in [-0.2, -0.15) is 9.13 Å². The summed E-state index contributed by atoms with van der Waals surface area (Å²) in [7, 11) is 0. The smallest absolute Gasteiger partial charge is 0.217 e. The SMILES string of the molecule is C=CC1C2C(c3ccccc3-c3ccc(C)c[n+]32)C12Cc1ccc3c(oc4c3ccc3cc(C)sc34)c1-c1cc(-c3c(C)cccc3C)c(CC(C)(C)C)c[n+]12. The predicted octanol–water partition coefficient (Wildman–Crippen LogP) is 12.6. The van der Waals surface area contributed by atoms with Crippen molar-refractivity contribution in [3.05, 3.63) is 154 Å². The van der Waals surface area contributed by atoms with Gasteiger partial charge in [-0.3, -0.25) is 0 Å². The van der Waals surface area contributed by atoms with Gasteiger partial charge in [0.2, 0.25) is 11.4 Å². The molecule has 0 saturated heterocycles. The van der Waals surface area contributed by atoms with Crippen molar-refractivity contribution < 1.29 is 13.6 Å². The number of hydrogen-bond donors (Lipinski definition) is 0. The molecule has 1 aliphatic carbocycles. The molecule has 4 atom stereocenters. The average molecular weight is 749 g/mol. The van der Waals surface area contributed by atoms with Crippen molar-refractivity contribution in [3.8, 4) is 33.6 Å². The van der Waals surface area contributed by atoms with E-state index in [0.717, 1.165) is 24.0 Å². The summed E-state index contributed by atoms with van der Waals surface area (Å²) >= 11 is 1.83. The molecule has 56 heavy (non-hydrogen) atoms. The first kappa shape index (κ1) is 34.0. The fourth-order valence-electron chi connectivity index (χ4n) is 11.4. The first-order chi connectivity index (χ1) is 27.0. The standard InChI is InChI=1S/C52H48N2OS/c1-9-41-47-46(37-16-11-10-15-36(37)42-22-17-29(2)27-53(42)47)52(41)26-34-19-21-38-39-20-18-33-23-32(5)56-50(33)49(39)55-48(38)45(34)43-24-40(44-30(3)13-12-14-31(44)4)35(28-54(43)52)25-51(6,7)8/h9-24,27-28,41,46-47H,1,25-26H2,2-8H3/q+2. The molecular weight excluding hydrogens is 701 g/mol. The minimum absolute atomic E-state index is 0.0832. The van der Waals surface area contributed by atoms with Crippen molar-refractivity contribution in [2.45, 2.75) is 78.8 Å². The third kappa shape index (κ3) is 4.51. The minimum atomic E-state index is -0.275. The van der Waals surface area contributed by atoms with Crippen LogP contribution in [0.4, 0.5) is 0 Å². The van der Waals surface area contributed by atoms with Gasteiger partial charge in [0.05, 0.1) is 15.8 Å². The molecule has 1 saturated carbocycles. The van der Waals surface area contributed by atoms with Gasteiger partial charge >= 0.3 is 0 Å².